The lowest BCUT2D eigenvalue weighted by Crippen LogP contribution is -3.00. The first-order valence-electron chi connectivity index (χ1n) is 5.36. The molecule has 0 aliphatic carbocycles. The van der Waals surface area contributed by atoms with Gasteiger partial charge in [0.05, 0.1) is 14.1 Å². The molecule has 1 nitrogen and oxygen atoms in total. The summed E-state index contributed by atoms with van der Waals surface area (Å²) >= 11 is 2.33. The Labute approximate surface area is 125 Å². The van der Waals surface area contributed by atoms with Gasteiger partial charge < -0.3 is 16.9 Å². The Morgan fingerprint density at radius 3 is 2.18 bits per heavy atom. The highest BCUT2D eigenvalue weighted by molar-refractivity contribution is 14.1. The number of aryl methyl sites for hydroxylation is 2. The van der Waals surface area contributed by atoms with Crippen LogP contribution < -0.4 is 12.4 Å². The van der Waals surface area contributed by atoms with E-state index >= 15 is 0 Å². The number of nitrogens with zero attached hydrogens (tertiary/aromatic N) is 1. The Kier molecular flexibility index (Phi) is 6.53. The van der Waals surface area contributed by atoms with Gasteiger partial charge in [0.2, 0.25) is 0 Å². The standard InChI is InChI=1S/C14H19IN.ClH/c1-6-14(15)16(4,5)10-13-11(2)8-7-9-12(13)3;/h1,7-9,14H,10H2,2-5H3;1H/q+1;/p-1. The zero-order valence-corrected chi connectivity index (χ0v) is 13.7. The summed E-state index contributed by atoms with van der Waals surface area (Å²) in [7, 11) is 4.37. The van der Waals surface area contributed by atoms with Crippen LogP contribution in [0, 0.1) is 26.2 Å². The van der Waals surface area contributed by atoms with Crippen molar-refractivity contribution in [1.82, 2.24) is 0 Å². The lowest BCUT2D eigenvalue weighted by Gasteiger charge is -2.33. The van der Waals surface area contributed by atoms with E-state index in [9.17, 15) is 0 Å². The van der Waals surface area contributed by atoms with Gasteiger partial charge in [0, 0.05) is 28.2 Å². The highest BCUT2D eigenvalue weighted by Gasteiger charge is 2.25. The number of quaternary nitrogens is 1. The van der Waals surface area contributed by atoms with E-state index in [0.29, 0.717) is 0 Å². The molecule has 94 valence electrons. The van der Waals surface area contributed by atoms with Crippen LogP contribution in [0.15, 0.2) is 18.2 Å². The summed E-state index contributed by atoms with van der Waals surface area (Å²) in [5.41, 5.74) is 4.13. The SMILES string of the molecule is C#CC(I)[N+](C)(C)Cc1c(C)cccc1C.[Cl-]. The van der Waals surface area contributed by atoms with Crippen LogP contribution in [-0.2, 0) is 6.54 Å². The Morgan fingerprint density at radius 1 is 1.29 bits per heavy atom. The lowest BCUT2D eigenvalue weighted by atomic mass is 10.0. The first-order chi connectivity index (χ1) is 7.38. The largest absolute Gasteiger partial charge is 1.00 e. The lowest BCUT2D eigenvalue weighted by molar-refractivity contribution is -0.902. The molecule has 0 heterocycles. The maximum Gasteiger partial charge on any atom is 0.200 e. The van der Waals surface area contributed by atoms with Crippen LogP contribution in [0.5, 0.6) is 0 Å². The number of terminal acetylenes is 1. The molecule has 0 saturated carbocycles. The second kappa shape index (κ2) is 6.63. The third-order valence-electron chi connectivity index (χ3n) is 2.96. The summed E-state index contributed by atoms with van der Waals surface area (Å²) in [4.78, 5) is 0. The van der Waals surface area contributed by atoms with Crippen molar-refractivity contribution in [2.24, 2.45) is 0 Å². The number of rotatable bonds is 3. The molecule has 3 heteroatoms. The van der Waals surface area contributed by atoms with Crippen molar-refractivity contribution < 1.29 is 16.9 Å². The van der Waals surface area contributed by atoms with Crippen molar-refractivity contribution >= 4 is 22.6 Å². The van der Waals surface area contributed by atoms with E-state index in [4.69, 9.17) is 6.42 Å². The second-order valence-electron chi connectivity index (χ2n) is 4.81. The van der Waals surface area contributed by atoms with Crippen LogP contribution in [0.4, 0.5) is 0 Å². The van der Waals surface area contributed by atoms with Crippen molar-refractivity contribution in [2.75, 3.05) is 14.1 Å². The van der Waals surface area contributed by atoms with Crippen LogP contribution in [0.2, 0.25) is 0 Å². The fourth-order valence-electron chi connectivity index (χ4n) is 1.79. The number of hydrogen-bond acceptors (Lipinski definition) is 0. The molecular weight excluding hydrogens is 345 g/mol. The van der Waals surface area contributed by atoms with E-state index in [-0.39, 0.29) is 16.5 Å². The molecule has 0 N–H and O–H groups in total. The third-order valence-corrected chi connectivity index (χ3v) is 4.83. The van der Waals surface area contributed by atoms with E-state index in [0.717, 1.165) is 11.0 Å². The fourth-order valence-corrected chi connectivity index (χ4v) is 1.98. The third kappa shape index (κ3) is 4.17. The smallest absolute Gasteiger partial charge is 0.200 e. The Bertz CT molecular complexity index is 400. The molecule has 0 amide bonds. The molecule has 1 aromatic rings. The first-order valence-corrected chi connectivity index (χ1v) is 6.61. The molecule has 0 saturated heterocycles. The predicted octanol–water partition coefficient (Wildman–Crippen LogP) is 0.278. The van der Waals surface area contributed by atoms with E-state index in [2.05, 4.69) is 74.7 Å². The molecule has 0 bridgehead atoms. The van der Waals surface area contributed by atoms with Gasteiger partial charge in [-0.1, -0.05) is 18.2 Å². The average Bonchev–Trinajstić information content (AvgIpc) is 2.22. The molecule has 17 heavy (non-hydrogen) atoms. The zero-order chi connectivity index (χ0) is 12.3. The molecular formula is C14H19ClIN. The predicted molar refractivity (Wildman–Crippen MR) is 78.4 cm³/mol. The molecule has 0 aromatic heterocycles. The van der Waals surface area contributed by atoms with Gasteiger partial charge in [-0.05, 0) is 30.9 Å². The van der Waals surface area contributed by atoms with Crippen LogP contribution >= 0.6 is 22.6 Å². The number of halogens is 2. The van der Waals surface area contributed by atoms with Gasteiger partial charge in [-0.15, -0.1) is 6.42 Å². The van der Waals surface area contributed by atoms with Crippen molar-refractivity contribution in [3.05, 3.63) is 34.9 Å². The van der Waals surface area contributed by atoms with Gasteiger partial charge in [-0.2, -0.15) is 0 Å². The van der Waals surface area contributed by atoms with Crippen molar-refractivity contribution in [3.8, 4) is 12.3 Å². The fraction of sp³-hybridized carbons (Fsp3) is 0.429. The van der Waals surface area contributed by atoms with Gasteiger partial charge in [0.15, 0.2) is 4.05 Å². The summed E-state index contributed by atoms with van der Waals surface area (Å²) in [6.45, 7) is 5.32. The monoisotopic (exact) mass is 363 g/mol. The Morgan fingerprint density at radius 2 is 1.76 bits per heavy atom. The maximum atomic E-state index is 5.51. The first kappa shape index (κ1) is 16.8. The minimum absolute atomic E-state index is 0. The van der Waals surface area contributed by atoms with Crippen LogP contribution in [-0.4, -0.2) is 22.6 Å². The van der Waals surface area contributed by atoms with Gasteiger partial charge >= 0.3 is 0 Å². The van der Waals surface area contributed by atoms with Crippen LogP contribution in [0.25, 0.3) is 0 Å². The molecule has 1 rings (SSSR count). The normalized spacial score (nSPS) is 12.5. The minimum Gasteiger partial charge on any atom is -1.00 e. The second-order valence-corrected chi connectivity index (χ2v) is 5.99. The summed E-state index contributed by atoms with van der Waals surface area (Å²) < 4.78 is 1.03. The van der Waals surface area contributed by atoms with E-state index in [1.165, 1.54) is 16.7 Å². The molecule has 0 spiro atoms. The van der Waals surface area contributed by atoms with E-state index in [1.54, 1.807) is 0 Å². The van der Waals surface area contributed by atoms with E-state index in [1.807, 2.05) is 0 Å². The molecule has 1 aromatic carbocycles. The quantitative estimate of drug-likeness (QED) is 0.238. The minimum atomic E-state index is 0. The Hall–Kier alpha value is -0.240. The number of hydrogen-bond donors (Lipinski definition) is 0. The molecule has 0 fully saturated rings. The molecule has 0 aliphatic rings. The summed E-state index contributed by atoms with van der Waals surface area (Å²) in [5, 5.41) is 0. The summed E-state index contributed by atoms with van der Waals surface area (Å²) in [6, 6.07) is 6.44. The van der Waals surface area contributed by atoms with Gasteiger partial charge in [-0.3, -0.25) is 0 Å². The van der Waals surface area contributed by atoms with Crippen molar-refractivity contribution in [1.29, 1.82) is 0 Å². The highest BCUT2D eigenvalue weighted by Crippen LogP contribution is 2.22. The van der Waals surface area contributed by atoms with Crippen LogP contribution in [0.3, 0.4) is 0 Å². The van der Waals surface area contributed by atoms with Gasteiger partial charge in [-0.25, -0.2) is 0 Å². The molecule has 1 atom stereocenters. The molecule has 1 unspecified atom stereocenters. The van der Waals surface area contributed by atoms with E-state index < -0.39 is 0 Å². The zero-order valence-electron chi connectivity index (χ0n) is 10.8. The summed E-state index contributed by atoms with van der Waals surface area (Å²) in [5.74, 6) is 2.82. The topological polar surface area (TPSA) is 0 Å². The van der Waals surface area contributed by atoms with Gasteiger partial charge in [0.1, 0.15) is 6.54 Å². The van der Waals surface area contributed by atoms with Crippen molar-refractivity contribution in [3.63, 3.8) is 0 Å². The van der Waals surface area contributed by atoms with Gasteiger partial charge in [0.25, 0.3) is 0 Å². The highest BCUT2D eigenvalue weighted by atomic mass is 127. The Balaban J connectivity index is 0.00000256. The van der Waals surface area contributed by atoms with Crippen molar-refractivity contribution in [2.45, 2.75) is 24.4 Å². The molecule has 0 aliphatic heterocycles. The molecule has 0 radical (unpaired) electrons. The number of alkyl halides is 1. The van der Waals surface area contributed by atoms with Crippen LogP contribution in [0.1, 0.15) is 16.7 Å². The maximum absolute atomic E-state index is 5.51. The summed E-state index contributed by atoms with van der Waals surface area (Å²) in [6.07, 6.45) is 5.51. The number of benzene rings is 1. The average molecular weight is 364 g/mol.